The van der Waals surface area contributed by atoms with Crippen LogP contribution in [0.25, 0.3) is 0 Å². The van der Waals surface area contributed by atoms with E-state index in [2.05, 4.69) is 29.2 Å². The largest absolute Gasteiger partial charge is 0.303 e. The molecule has 0 N–H and O–H groups in total. The zero-order valence-corrected chi connectivity index (χ0v) is 12.5. The quantitative estimate of drug-likeness (QED) is 0.839. The Balaban J connectivity index is 1.61. The van der Waals surface area contributed by atoms with Crippen LogP contribution in [-0.4, -0.2) is 30.3 Å². The molecule has 1 fully saturated rings. The molecule has 0 bridgehead atoms. The van der Waals surface area contributed by atoms with Crippen LogP contribution in [0.2, 0.25) is 0 Å². The zero-order chi connectivity index (χ0) is 13.9. The SMILES string of the molecule is CC(=O)C1CCN(CC2CCCc3ccccc32)CC1. The second-order valence-corrected chi connectivity index (χ2v) is 6.47. The average Bonchev–Trinajstić information content (AvgIpc) is 2.48. The molecule has 1 aliphatic carbocycles. The third-order valence-corrected chi connectivity index (χ3v) is 5.13. The first kappa shape index (κ1) is 13.8. The first-order valence-corrected chi connectivity index (χ1v) is 8.04. The Morgan fingerprint density at radius 2 is 1.95 bits per heavy atom. The van der Waals surface area contributed by atoms with Gasteiger partial charge in [0.1, 0.15) is 5.78 Å². The Hall–Kier alpha value is -1.15. The van der Waals surface area contributed by atoms with Crippen molar-refractivity contribution in [2.45, 2.75) is 44.9 Å². The van der Waals surface area contributed by atoms with Crippen LogP contribution in [0.15, 0.2) is 24.3 Å². The lowest BCUT2D eigenvalue weighted by Gasteiger charge is -2.35. The molecular formula is C18H25NO. The molecule has 0 saturated carbocycles. The Morgan fingerprint density at radius 1 is 1.20 bits per heavy atom. The summed E-state index contributed by atoms with van der Waals surface area (Å²) >= 11 is 0. The second kappa shape index (κ2) is 6.09. The molecule has 0 spiro atoms. The summed E-state index contributed by atoms with van der Waals surface area (Å²) in [6.07, 6.45) is 6.02. The number of carbonyl (C=O) groups excluding carboxylic acids is 1. The number of Topliss-reactive ketones (excluding diaryl/α,β-unsaturated/α-hetero) is 1. The summed E-state index contributed by atoms with van der Waals surface area (Å²) in [6, 6.07) is 8.96. The van der Waals surface area contributed by atoms with Crippen molar-refractivity contribution in [2.75, 3.05) is 19.6 Å². The van der Waals surface area contributed by atoms with Gasteiger partial charge in [0.25, 0.3) is 0 Å². The Labute approximate surface area is 122 Å². The molecule has 0 aromatic heterocycles. The third kappa shape index (κ3) is 2.95. The maximum Gasteiger partial charge on any atom is 0.133 e. The van der Waals surface area contributed by atoms with Gasteiger partial charge in [-0.2, -0.15) is 0 Å². The minimum Gasteiger partial charge on any atom is -0.303 e. The van der Waals surface area contributed by atoms with Crippen LogP contribution in [0.4, 0.5) is 0 Å². The van der Waals surface area contributed by atoms with E-state index in [9.17, 15) is 4.79 Å². The van der Waals surface area contributed by atoms with Gasteiger partial charge in [-0.3, -0.25) is 4.79 Å². The summed E-state index contributed by atoms with van der Waals surface area (Å²) in [4.78, 5) is 14.0. The van der Waals surface area contributed by atoms with Gasteiger partial charge in [-0.05, 0) is 69.2 Å². The van der Waals surface area contributed by atoms with Crippen LogP contribution in [0.3, 0.4) is 0 Å². The molecule has 1 atom stereocenters. The molecule has 2 heteroatoms. The van der Waals surface area contributed by atoms with Gasteiger partial charge < -0.3 is 4.90 Å². The number of hydrogen-bond acceptors (Lipinski definition) is 2. The van der Waals surface area contributed by atoms with Gasteiger partial charge in [0.15, 0.2) is 0 Å². The topological polar surface area (TPSA) is 20.3 Å². The van der Waals surface area contributed by atoms with E-state index in [-0.39, 0.29) is 0 Å². The van der Waals surface area contributed by atoms with Crippen LogP contribution in [0, 0.1) is 5.92 Å². The van der Waals surface area contributed by atoms with Gasteiger partial charge in [-0.1, -0.05) is 24.3 Å². The molecule has 1 saturated heterocycles. The fraction of sp³-hybridized carbons (Fsp3) is 0.611. The van der Waals surface area contributed by atoms with Crippen LogP contribution in [0.1, 0.15) is 49.7 Å². The van der Waals surface area contributed by atoms with E-state index >= 15 is 0 Å². The number of piperidine rings is 1. The highest BCUT2D eigenvalue weighted by molar-refractivity contribution is 5.78. The number of ketones is 1. The molecule has 0 amide bonds. The summed E-state index contributed by atoms with van der Waals surface area (Å²) in [5.41, 5.74) is 3.13. The lowest BCUT2D eigenvalue weighted by Crippen LogP contribution is -2.38. The Kier molecular flexibility index (Phi) is 4.21. The van der Waals surface area contributed by atoms with E-state index < -0.39 is 0 Å². The molecule has 2 nitrogen and oxygen atoms in total. The standard InChI is InChI=1S/C18H25NO/c1-14(20)15-9-11-19(12-10-15)13-17-7-4-6-16-5-2-3-8-18(16)17/h2-3,5,8,15,17H,4,6-7,9-13H2,1H3. The predicted molar refractivity (Wildman–Crippen MR) is 82.0 cm³/mol. The highest BCUT2D eigenvalue weighted by atomic mass is 16.1. The van der Waals surface area contributed by atoms with Crippen molar-refractivity contribution in [3.05, 3.63) is 35.4 Å². The molecule has 108 valence electrons. The number of nitrogens with zero attached hydrogens (tertiary/aromatic N) is 1. The van der Waals surface area contributed by atoms with Crippen molar-refractivity contribution in [1.29, 1.82) is 0 Å². The van der Waals surface area contributed by atoms with Crippen molar-refractivity contribution >= 4 is 5.78 Å². The van der Waals surface area contributed by atoms with Gasteiger partial charge in [-0.25, -0.2) is 0 Å². The fourth-order valence-corrected chi connectivity index (χ4v) is 3.88. The molecule has 1 heterocycles. The highest BCUT2D eigenvalue weighted by Crippen LogP contribution is 2.33. The van der Waals surface area contributed by atoms with Gasteiger partial charge in [0, 0.05) is 12.5 Å². The van der Waals surface area contributed by atoms with Gasteiger partial charge in [0.05, 0.1) is 0 Å². The van der Waals surface area contributed by atoms with E-state index in [0.717, 1.165) is 25.9 Å². The Bertz CT molecular complexity index is 474. The van der Waals surface area contributed by atoms with Crippen LogP contribution in [0.5, 0.6) is 0 Å². The lowest BCUT2D eigenvalue weighted by atomic mass is 9.82. The van der Waals surface area contributed by atoms with E-state index in [1.807, 2.05) is 0 Å². The monoisotopic (exact) mass is 271 g/mol. The molecular weight excluding hydrogens is 246 g/mol. The lowest BCUT2D eigenvalue weighted by molar-refractivity contribution is -0.122. The number of likely N-dealkylation sites (tertiary alicyclic amines) is 1. The summed E-state index contributed by atoms with van der Waals surface area (Å²) in [7, 11) is 0. The average molecular weight is 271 g/mol. The van der Waals surface area contributed by atoms with E-state index in [4.69, 9.17) is 0 Å². The van der Waals surface area contributed by atoms with Crippen molar-refractivity contribution in [3.63, 3.8) is 0 Å². The zero-order valence-electron chi connectivity index (χ0n) is 12.5. The normalized spacial score (nSPS) is 24.4. The number of hydrogen-bond donors (Lipinski definition) is 0. The smallest absolute Gasteiger partial charge is 0.133 e. The van der Waals surface area contributed by atoms with Gasteiger partial charge in [-0.15, -0.1) is 0 Å². The molecule has 20 heavy (non-hydrogen) atoms. The highest BCUT2D eigenvalue weighted by Gasteiger charge is 2.26. The first-order valence-electron chi connectivity index (χ1n) is 8.04. The number of carbonyl (C=O) groups is 1. The van der Waals surface area contributed by atoms with Crippen molar-refractivity contribution in [2.24, 2.45) is 5.92 Å². The third-order valence-electron chi connectivity index (χ3n) is 5.13. The molecule has 0 radical (unpaired) electrons. The summed E-state index contributed by atoms with van der Waals surface area (Å²) in [6.45, 7) is 5.13. The molecule has 1 aliphatic heterocycles. The maximum atomic E-state index is 11.4. The summed E-state index contributed by atoms with van der Waals surface area (Å²) in [5, 5.41) is 0. The van der Waals surface area contributed by atoms with Crippen LogP contribution in [-0.2, 0) is 11.2 Å². The summed E-state index contributed by atoms with van der Waals surface area (Å²) < 4.78 is 0. The van der Waals surface area contributed by atoms with Crippen molar-refractivity contribution < 1.29 is 4.79 Å². The number of fused-ring (bicyclic) bond motifs is 1. The number of benzene rings is 1. The van der Waals surface area contributed by atoms with Crippen molar-refractivity contribution in [1.82, 2.24) is 4.90 Å². The van der Waals surface area contributed by atoms with Crippen LogP contribution < -0.4 is 0 Å². The molecule has 1 unspecified atom stereocenters. The van der Waals surface area contributed by atoms with E-state index in [1.54, 1.807) is 18.1 Å². The minimum absolute atomic E-state index is 0.324. The second-order valence-electron chi connectivity index (χ2n) is 6.47. The number of rotatable bonds is 3. The van der Waals surface area contributed by atoms with Crippen LogP contribution >= 0.6 is 0 Å². The molecule has 2 aliphatic rings. The molecule has 1 aromatic rings. The predicted octanol–water partition coefficient (Wildman–Crippen LogP) is 3.41. The Morgan fingerprint density at radius 3 is 2.70 bits per heavy atom. The minimum atomic E-state index is 0.324. The molecule has 3 rings (SSSR count). The van der Waals surface area contributed by atoms with E-state index in [1.165, 1.54) is 25.8 Å². The number of aryl methyl sites for hydroxylation is 1. The van der Waals surface area contributed by atoms with Gasteiger partial charge >= 0.3 is 0 Å². The van der Waals surface area contributed by atoms with E-state index in [0.29, 0.717) is 17.6 Å². The maximum absolute atomic E-state index is 11.4. The van der Waals surface area contributed by atoms with Gasteiger partial charge in [0.2, 0.25) is 0 Å². The fourth-order valence-electron chi connectivity index (χ4n) is 3.88. The summed E-state index contributed by atoms with van der Waals surface area (Å²) in [5.74, 6) is 1.41. The first-order chi connectivity index (χ1) is 9.74. The van der Waals surface area contributed by atoms with Crippen molar-refractivity contribution in [3.8, 4) is 0 Å². The molecule has 1 aromatic carbocycles.